The molecular weight excluding hydrogens is 305 g/mol. The van der Waals surface area contributed by atoms with Crippen LogP contribution in [0.4, 0.5) is 0 Å². The SMILES string of the molecule is COC(=O)c1ccc2nccc(I)c2c1. The average molecular weight is 313 g/mol. The molecule has 0 atom stereocenters. The van der Waals surface area contributed by atoms with Crippen LogP contribution in [0.1, 0.15) is 10.4 Å². The van der Waals surface area contributed by atoms with Crippen molar-refractivity contribution in [2.75, 3.05) is 7.11 Å². The van der Waals surface area contributed by atoms with Crippen molar-refractivity contribution in [3.05, 3.63) is 39.6 Å². The molecule has 0 amide bonds. The molecule has 0 bridgehead atoms. The van der Waals surface area contributed by atoms with Crippen LogP contribution in [0.3, 0.4) is 0 Å². The largest absolute Gasteiger partial charge is 0.465 e. The summed E-state index contributed by atoms with van der Waals surface area (Å²) in [5.74, 6) is -0.323. The number of methoxy groups -OCH3 is 1. The van der Waals surface area contributed by atoms with Gasteiger partial charge in [-0.3, -0.25) is 4.98 Å². The first kappa shape index (κ1) is 10.4. The van der Waals surface area contributed by atoms with Crippen LogP contribution in [-0.4, -0.2) is 18.1 Å². The number of carbonyl (C=O) groups is 1. The molecule has 0 aliphatic heterocycles. The Morgan fingerprint density at radius 3 is 2.93 bits per heavy atom. The van der Waals surface area contributed by atoms with E-state index in [1.807, 2.05) is 12.1 Å². The van der Waals surface area contributed by atoms with Gasteiger partial charge in [0.2, 0.25) is 0 Å². The van der Waals surface area contributed by atoms with Gasteiger partial charge in [-0.25, -0.2) is 4.79 Å². The standard InChI is InChI=1S/C11H8INO2/c1-15-11(14)7-2-3-10-8(6-7)9(12)4-5-13-10/h2-6H,1H3. The Balaban J connectivity index is 2.64. The van der Waals surface area contributed by atoms with Crippen molar-refractivity contribution in [3.63, 3.8) is 0 Å². The Morgan fingerprint density at radius 1 is 1.40 bits per heavy atom. The van der Waals surface area contributed by atoms with Gasteiger partial charge in [-0.15, -0.1) is 0 Å². The summed E-state index contributed by atoms with van der Waals surface area (Å²) < 4.78 is 5.74. The third kappa shape index (κ3) is 1.94. The number of rotatable bonds is 1. The summed E-state index contributed by atoms with van der Waals surface area (Å²) in [6.45, 7) is 0. The second-order valence-electron chi connectivity index (χ2n) is 3.02. The van der Waals surface area contributed by atoms with E-state index in [0.717, 1.165) is 14.5 Å². The zero-order valence-electron chi connectivity index (χ0n) is 8.03. The van der Waals surface area contributed by atoms with E-state index in [0.29, 0.717) is 5.56 Å². The smallest absolute Gasteiger partial charge is 0.337 e. The Morgan fingerprint density at radius 2 is 2.20 bits per heavy atom. The second kappa shape index (κ2) is 4.14. The molecule has 2 rings (SSSR count). The van der Waals surface area contributed by atoms with Crippen molar-refractivity contribution >= 4 is 39.5 Å². The Hall–Kier alpha value is -1.17. The zero-order valence-corrected chi connectivity index (χ0v) is 10.2. The predicted octanol–water partition coefficient (Wildman–Crippen LogP) is 2.63. The number of pyridine rings is 1. The fourth-order valence-electron chi connectivity index (χ4n) is 1.36. The van der Waals surface area contributed by atoms with Crippen LogP contribution in [-0.2, 0) is 4.74 Å². The molecule has 1 aromatic heterocycles. The maximum absolute atomic E-state index is 11.3. The molecule has 2 aromatic rings. The van der Waals surface area contributed by atoms with Gasteiger partial charge in [0.15, 0.2) is 0 Å². The van der Waals surface area contributed by atoms with Crippen molar-refractivity contribution in [1.29, 1.82) is 0 Å². The maximum atomic E-state index is 11.3. The van der Waals surface area contributed by atoms with Crippen LogP contribution >= 0.6 is 22.6 Å². The van der Waals surface area contributed by atoms with Gasteiger partial charge in [0.25, 0.3) is 0 Å². The Bertz CT molecular complexity index is 525. The van der Waals surface area contributed by atoms with Gasteiger partial charge in [0.1, 0.15) is 0 Å². The number of hydrogen-bond acceptors (Lipinski definition) is 3. The van der Waals surface area contributed by atoms with Crippen LogP contribution in [0.5, 0.6) is 0 Å². The average Bonchev–Trinajstić information content (AvgIpc) is 2.28. The molecule has 76 valence electrons. The van der Waals surface area contributed by atoms with E-state index in [2.05, 4.69) is 32.3 Å². The zero-order chi connectivity index (χ0) is 10.8. The molecule has 0 N–H and O–H groups in total. The van der Waals surface area contributed by atoms with Gasteiger partial charge in [-0.1, -0.05) is 0 Å². The minimum Gasteiger partial charge on any atom is -0.465 e. The van der Waals surface area contributed by atoms with E-state index in [-0.39, 0.29) is 5.97 Å². The topological polar surface area (TPSA) is 39.2 Å². The molecule has 0 radical (unpaired) electrons. The Kier molecular flexibility index (Phi) is 2.86. The molecule has 4 heteroatoms. The number of esters is 1. The fourth-order valence-corrected chi connectivity index (χ4v) is 1.95. The lowest BCUT2D eigenvalue weighted by molar-refractivity contribution is 0.0601. The predicted molar refractivity (Wildman–Crippen MR) is 65.8 cm³/mol. The summed E-state index contributed by atoms with van der Waals surface area (Å²) in [5.41, 5.74) is 1.44. The first-order valence-corrected chi connectivity index (χ1v) is 5.43. The highest BCUT2D eigenvalue weighted by Crippen LogP contribution is 2.20. The highest BCUT2D eigenvalue weighted by atomic mass is 127. The van der Waals surface area contributed by atoms with E-state index in [4.69, 9.17) is 0 Å². The van der Waals surface area contributed by atoms with Gasteiger partial charge in [-0.05, 0) is 46.9 Å². The number of aromatic nitrogens is 1. The maximum Gasteiger partial charge on any atom is 0.337 e. The molecule has 1 heterocycles. The molecule has 0 fully saturated rings. The first-order valence-electron chi connectivity index (χ1n) is 4.35. The summed E-state index contributed by atoms with van der Waals surface area (Å²) in [4.78, 5) is 15.5. The number of fused-ring (bicyclic) bond motifs is 1. The lowest BCUT2D eigenvalue weighted by atomic mass is 10.1. The van der Waals surface area contributed by atoms with Crippen LogP contribution in [0, 0.1) is 3.57 Å². The summed E-state index contributed by atoms with van der Waals surface area (Å²) in [6.07, 6.45) is 1.75. The quantitative estimate of drug-likeness (QED) is 0.600. The first-order chi connectivity index (χ1) is 7.22. The van der Waals surface area contributed by atoms with E-state index < -0.39 is 0 Å². The third-order valence-corrected chi connectivity index (χ3v) is 3.05. The van der Waals surface area contributed by atoms with Crippen molar-refractivity contribution in [3.8, 4) is 0 Å². The van der Waals surface area contributed by atoms with Crippen molar-refractivity contribution < 1.29 is 9.53 Å². The van der Waals surface area contributed by atoms with E-state index >= 15 is 0 Å². The molecular formula is C11H8INO2. The van der Waals surface area contributed by atoms with Gasteiger partial charge < -0.3 is 4.74 Å². The molecule has 0 spiro atoms. The van der Waals surface area contributed by atoms with E-state index in [1.54, 1.807) is 18.3 Å². The molecule has 0 saturated carbocycles. The number of hydrogen-bond donors (Lipinski definition) is 0. The highest BCUT2D eigenvalue weighted by molar-refractivity contribution is 14.1. The van der Waals surface area contributed by atoms with E-state index in [9.17, 15) is 4.79 Å². The Labute approximate surface area is 101 Å². The number of carbonyl (C=O) groups excluding carboxylic acids is 1. The van der Waals surface area contributed by atoms with Crippen LogP contribution < -0.4 is 0 Å². The summed E-state index contributed by atoms with van der Waals surface area (Å²) in [5, 5.41) is 0.973. The van der Waals surface area contributed by atoms with Gasteiger partial charge in [0, 0.05) is 15.2 Å². The van der Waals surface area contributed by atoms with Crippen LogP contribution in [0.2, 0.25) is 0 Å². The van der Waals surface area contributed by atoms with Crippen molar-refractivity contribution in [1.82, 2.24) is 4.98 Å². The lowest BCUT2D eigenvalue weighted by Gasteiger charge is -2.02. The minimum absolute atomic E-state index is 0.323. The highest BCUT2D eigenvalue weighted by Gasteiger charge is 2.07. The molecule has 0 saturated heterocycles. The number of benzene rings is 1. The fraction of sp³-hybridized carbons (Fsp3) is 0.0909. The normalized spacial score (nSPS) is 10.3. The molecule has 15 heavy (non-hydrogen) atoms. The molecule has 0 unspecified atom stereocenters. The summed E-state index contributed by atoms with van der Waals surface area (Å²) in [6, 6.07) is 7.25. The second-order valence-corrected chi connectivity index (χ2v) is 4.18. The third-order valence-electron chi connectivity index (χ3n) is 2.11. The molecule has 3 nitrogen and oxygen atoms in total. The van der Waals surface area contributed by atoms with Crippen LogP contribution in [0.15, 0.2) is 30.5 Å². The minimum atomic E-state index is -0.323. The van der Waals surface area contributed by atoms with Crippen molar-refractivity contribution in [2.45, 2.75) is 0 Å². The van der Waals surface area contributed by atoms with Crippen LogP contribution in [0.25, 0.3) is 10.9 Å². The summed E-state index contributed by atoms with van der Waals surface area (Å²) in [7, 11) is 1.38. The number of nitrogens with zero attached hydrogens (tertiary/aromatic N) is 1. The van der Waals surface area contributed by atoms with Gasteiger partial charge >= 0.3 is 5.97 Å². The number of halogens is 1. The molecule has 1 aromatic carbocycles. The van der Waals surface area contributed by atoms with Gasteiger partial charge in [0.05, 0.1) is 18.2 Å². The molecule has 0 aliphatic rings. The number of ether oxygens (including phenoxy) is 1. The summed E-state index contributed by atoms with van der Waals surface area (Å²) >= 11 is 2.22. The van der Waals surface area contributed by atoms with E-state index in [1.165, 1.54) is 7.11 Å². The lowest BCUT2D eigenvalue weighted by Crippen LogP contribution is -2.00. The monoisotopic (exact) mass is 313 g/mol. The van der Waals surface area contributed by atoms with Crippen molar-refractivity contribution in [2.24, 2.45) is 0 Å². The molecule has 0 aliphatic carbocycles. The van der Waals surface area contributed by atoms with Gasteiger partial charge in [-0.2, -0.15) is 0 Å².